The maximum atomic E-state index is 11.9. The lowest BCUT2D eigenvalue weighted by atomic mass is 10.0. The van der Waals surface area contributed by atoms with Crippen LogP contribution in [-0.2, 0) is 11.4 Å². The van der Waals surface area contributed by atoms with Crippen molar-refractivity contribution in [2.45, 2.75) is 13.5 Å². The van der Waals surface area contributed by atoms with Crippen LogP contribution in [0.25, 0.3) is 0 Å². The van der Waals surface area contributed by atoms with Crippen LogP contribution in [0.1, 0.15) is 12.5 Å². The van der Waals surface area contributed by atoms with Gasteiger partial charge in [0.05, 0.1) is 6.61 Å². The average molecular weight is 232 g/mol. The van der Waals surface area contributed by atoms with Gasteiger partial charge in [0, 0.05) is 24.4 Å². The number of amides is 1. The number of benzene rings is 1. The third-order valence-corrected chi connectivity index (χ3v) is 2.94. The molecule has 1 aliphatic rings. The van der Waals surface area contributed by atoms with Gasteiger partial charge in [0.25, 0.3) is 5.91 Å². The number of aliphatic hydroxyl groups excluding tert-OH is 1. The molecule has 0 saturated carbocycles. The summed E-state index contributed by atoms with van der Waals surface area (Å²) in [6.45, 7) is 3.47. The number of carbonyl (C=O) groups is 1. The third-order valence-electron chi connectivity index (χ3n) is 2.94. The molecule has 0 unspecified atom stereocenters. The predicted molar refractivity (Wildman–Crippen MR) is 66.6 cm³/mol. The van der Waals surface area contributed by atoms with Crippen molar-refractivity contribution in [3.05, 3.63) is 41.0 Å². The summed E-state index contributed by atoms with van der Waals surface area (Å²) < 4.78 is 0. The molecule has 0 aromatic heterocycles. The molecule has 1 saturated heterocycles. The summed E-state index contributed by atoms with van der Waals surface area (Å²) in [5.41, 5.74) is 3.53. The summed E-state index contributed by atoms with van der Waals surface area (Å²) in [4.78, 5) is 11.9. The van der Waals surface area contributed by atoms with Crippen LogP contribution < -0.4 is 10.6 Å². The van der Waals surface area contributed by atoms with Crippen LogP contribution in [0, 0.1) is 0 Å². The molecular weight excluding hydrogens is 216 g/mol. The highest BCUT2D eigenvalue weighted by Gasteiger charge is 2.15. The Morgan fingerprint density at radius 3 is 2.47 bits per heavy atom. The molecule has 3 N–H and O–H groups in total. The lowest BCUT2D eigenvalue weighted by Crippen LogP contribution is -2.36. The van der Waals surface area contributed by atoms with Gasteiger partial charge in [-0.15, -0.1) is 0 Å². The second-order valence-electron chi connectivity index (χ2n) is 4.14. The number of aliphatic hydroxyl groups is 1. The van der Waals surface area contributed by atoms with Crippen LogP contribution in [-0.4, -0.2) is 24.1 Å². The Balaban J connectivity index is 2.02. The maximum absolute atomic E-state index is 11.9. The number of hydrogen-bond donors (Lipinski definition) is 3. The minimum Gasteiger partial charge on any atom is -0.392 e. The van der Waals surface area contributed by atoms with Gasteiger partial charge in [-0.3, -0.25) is 4.79 Å². The molecule has 0 atom stereocenters. The van der Waals surface area contributed by atoms with Crippen molar-refractivity contribution in [3.63, 3.8) is 0 Å². The van der Waals surface area contributed by atoms with E-state index in [2.05, 4.69) is 10.6 Å². The lowest BCUT2D eigenvalue weighted by Gasteiger charge is -2.21. The summed E-state index contributed by atoms with van der Waals surface area (Å²) in [5, 5.41) is 14.9. The number of anilines is 1. The molecule has 0 bridgehead atoms. The first kappa shape index (κ1) is 11.8. The summed E-state index contributed by atoms with van der Waals surface area (Å²) in [5.74, 6) is -0.0572. The minimum absolute atomic E-state index is 0.0168. The van der Waals surface area contributed by atoms with Gasteiger partial charge in [-0.2, -0.15) is 0 Å². The minimum atomic E-state index is -0.0572. The molecule has 4 heteroatoms. The fourth-order valence-corrected chi connectivity index (χ4v) is 1.59. The van der Waals surface area contributed by atoms with Crippen LogP contribution in [0.15, 0.2) is 35.4 Å². The van der Waals surface area contributed by atoms with E-state index < -0.39 is 0 Å². The van der Waals surface area contributed by atoms with Crippen LogP contribution in [0.5, 0.6) is 0 Å². The van der Waals surface area contributed by atoms with Gasteiger partial charge in [0.15, 0.2) is 0 Å². The smallest absolute Gasteiger partial charge is 0.251 e. The maximum Gasteiger partial charge on any atom is 0.251 e. The zero-order valence-electron chi connectivity index (χ0n) is 9.79. The van der Waals surface area contributed by atoms with Crippen LogP contribution in [0.4, 0.5) is 5.69 Å². The van der Waals surface area contributed by atoms with Crippen molar-refractivity contribution >= 4 is 11.6 Å². The molecule has 17 heavy (non-hydrogen) atoms. The summed E-state index contributed by atoms with van der Waals surface area (Å²) in [6, 6.07) is 7.17. The van der Waals surface area contributed by atoms with Crippen molar-refractivity contribution in [2.24, 2.45) is 0 Å². The molecule has 0 radical (unpaired) electrons. The number of rotatable bonds is 3. The Morgan fingerprint density at radius 2 is 2.00 bits per heavy atom. The largest absolute Gasteiger partial charge is 0.392 e. The zero-order valence-corrected chi connectivity index (χ0v) is 9.79. The molecule has 90 valence electrons. The molecule has 0 aliphatic carbocycles. The van der Waals surface area contributed by atoms with Crippen LogP contribution in [0.3, 0.4) is 0 Å². The second kappa shape index (κ2) is 5.12. The van der Waals surface area contributed by atoms with E-state index in [0.29, 0.717) is 0 Å². The summed E-state index contributed by atoms with van der Waals surface area (Å²) >= 11 is 0. The molecular formula is C13H16N2O2. The Hall–Kier alpha value is -1.65. The Kier molecular flexibility index (Phi) is 3.56. The molecule has 2 rings (SSSR count). The van der Waals surface area contributed by atoms with Gasteiger partial charge in [-0.25, -0.2) is 0 Å². The van der Waals surface area contributed by atoms with Crippen LogP contribution in [0.2, 0.25) is 0 Å². The van der Waals surface area contributed by atoms with E-state index in [1.165, 1.54) is 0 Å². The normalized spacial score (nSPS) is 14.1. The van der Waals surface area contributed by atoms with E-state index in [4.69, 9.17) is 5.11 Å². The van der Waals surface area contributed by atoms with Crippen molar-refractivity contribution in [1.29, 1.82) is 0 Å². The standard InChI is InChI=1S/C13H16N2O2/c1-9(11-6-14-7-11)13(17)15-12-4-2-10(8-16)3-5-12/h2-5,14,16H,6-8H2,1H3,(H,15,17). The van der Waals surface area contributed by atoms with Gasteiger partial charge >= 0.3 is 0 Å². The highest BCUT2D eigenvalue weighted by molar-refractivity contribution is 6.04. The number of nitrogens with one attached hydrogen (secondary N) is 2. The lowest BCUT2D eigenvalue weighted by molar-refractivity contribution is -0.112. The number of carbonyl (C=O) groups excluding carboxylic acids is 1. The topological polar surface area (TPSA) is 61.4 Å². The molecule has 1 heterocycles. The highest BCUT2D eigenvalue weighted by atomic mass is 16.3. The quantitative estimate of drug-likeness (QED) is 0.682. The van der Waals surface area contributed by atoms with E-state index in [0.717, 1.165) is 35.5 Å². The van der Waals surface area contributed by atoms with E-state index in [9.17, 15) is 4.79 Å². The van der Waals surface area contributed by atoms with Crippen molar-refractivity contribution in [3.8, 4) is 0 Å². The van der Waals surface area contributed by atoms with Gasteiger partial charge in [-0.1, -0.05) is 12.1 Å². The Morgan fingerprint density at radius 1 is 1.35 bits per heavy atom. The molecule has 0 spiro atoms. The van der Waals surface area contributed by atoms with Gasteiger partial charge < -0.3 is 15.7 Å². The van der Waals surface area contributed by atoms with Gasteiger partial charge in [0.1, 0.15) is 0 Å². The second-order valence-corrected chi connectivity index (χ2v) is 4.14. The molecule has 1 aliphatic heterocycles. The first-order valence-corrected chi connectivity index (χ1v) is 5.61. The number of hydrogen-bond acceptors (Lipinski definition) is 3. The third kappa shape index (κ3) is 2.72. The molecule has 1 aromatic rings. The van der Waals surface area contributed by atoms with Crippen molar-refractivity contribution in [1.82, 2.24) is 5.32 Å². The van der Waals surface area contributed by atoms with E-state index in [-0.39, 0.29) is 12.5 Å². The first-order chi connectivity index (χ1) is 8.20. The van der Waals surface area contributed by atoms with Crippen LogP contribution >= 0.6 is 0 Å². The van der Waals surface area contributed by atoms with Crippen molar-refractivity contribution < 1.29 is 9.90 Å². The zero-order chi connectivity index (χ0) is 12.3. The summed E-state index contributed by atoms with van der Waals surface area (Å²) in [7, 11) is 0. The van der Waals surface area contributed by atoms with E-state index in [1.807, 2.05) is 6.92 Å². The SMILES string of the molecule is CC(C(=O)Nc1ccc(CO)cc1)=C1CNC1. The average Bonchev–Trinajstić information content (AvgIpc) is 2.27. The highest BCUT2D eigenvalue weighted by Crippen LogP contribution is 2.14. The van der Waals surface area contributed by atoms with E-state index >= 15 is 0 Å². The molecule has 4 nitrogen and oxygen atoms in total. The fraction of sp³-hybridized carbons (Fsp3) is 0.308. The monoisotopic (exact) mass is 232 g/mol. The van der Waals surface area contributed by atoms with Gasteiger partial charge in [0.2, 0.25) is 0 Å². The van der Waals surface area contributed by atoms with Crippen molar-refractivity contribution in [2.75, 3.05) is 18.4 Å². The Labute approximate surface area is 100 Å². The van der Waals surface area contributed by atoms with E-state index in [1.54, 1.807) is 24.3 Å². The Bertz CT molecular complexity index is 443. The summed E-state index contributed by atoms with van der Waals surface area (Å²) in [6.07, 6.45) is 0. The molecule has 1 fully saturated rings. The molecule has 1 aromatic carbocycles. The van der Waals surface area contributed by atoms with Gasteiger partial charge in [-0.05, 0) is 30.2 Å². The molecule has 1 amide bonds. The fourth-order valence-electron chi connectivity index (χ4n) is 1.59. The first-order valence-electron chi connectivity index (χ1n) is 5.61. The predicted octanol–water partition coefficient (Wildman–Crippen LogP) is 1.04.